The van der Waals surface area contributed by atoms with E-state index in [1.165, 1.54) is 11.4 Å². The molecule has 0 aliphatic carbocycles. The van der Waals surface area contributed by atoms with E-state index in [0.29, 0.717) is 12.8 Å². The number of nitrogens with one attached hydrogen (secondary N) is 1. The zero-order chi connectivity index (χ0) is 21.1. The van der Waals surface area contributed by atoms with E-state index in [9.17, 15) is 13.2 Å². The Morgan fingerprint density at radius 2 is 1.79 bits per heavy atom. The molecule has 29 heavy (non-hydrogen) atoms. The zero-order valence-electron chi connectivity index (χ0n) is 17.1. The molecule has 0 saturated heterocycles. The largest absolute Gasteiger partial charge is 0.487 e. The number of amides is 1. The maximum absolute atomic E-state index is 12.5. The van der Waals surface area contributed by atoms with Gasteiger partial charge in [-0.2, -0.15) is 0 Å². The van der Waals surface area contributed by atoms with Crippen LogP contribution in [0.4, 0.5) is 0 Å². The molecule has 0 fully saturated rings. The van der Waals surface area contributed by atoms with Gasteiger partial charge in [0.05, 0.1) is 10.9 Å². The van der Waals surface area contributed by atoms with Gasteiger partial charge in [0.25, 0.3) is 0 Å². The summed E-state index contributed by atoms with van der Waals surface area (Å²) in [5.41, 5.74) is 0.611. The van der Waals surface area contributed by atoms with Crippen molar-refractivity contribution in [3.63, 3.8) is 0 Å². The van der Waals surface area contributed by atoms with E-state index in [0.717, 1.165) is 11.3 Å². The summed E-state index contributed by atoms with van der Waals surface area (Å²) in [6.07, 6.45) is 1.38. The molecule has 6 nitrogen and oxygen atoms in total. The topological polar surface area (TPSA) is 75.7 Å². The Balaban J connectivity index is 1.55. The number of hydrogen-bond acceptors (Lipinski definition) is 4. The molecule has 1 heterocycles. The van der Waals surface area contributed by atoms with E-state index in [4.69, 9.17) is 4.74 Å². The van der Waals surface area contributed by atoms with Crippen LogP contribution in [0.1, 0.15) is 44.7 Å². The fourth-order valence-electron chi connectivity index (χ4n) is 3.55. The highest BCUT2D eigenvalue weighted by Gasteiger charge is 2.34. The maximum atomic E-state index is 12.5. The second-order valence-electron chi connectivity index (χ2n) is 7.97. The average molecular weight is 417 g/mol. The summed E-state index contributed by atoms with van der Waals surface area (Å²) in [5.74, 6) is 0.704. The number of fused-ring (bicyclic) bond motifs is 1. The highest BCUT2D eigenvalue weighted by molar-refractivity contribution is 7.89. The number of hydrogen-bond donors (Lipinski definition) is 1. The summed E-state index contributed by atoms with van der Waals surface area (Å²) >= 11 is 0. The highest BCUT2D eigenvalue weighted by atomic mass is 32.2. The van der Waals surface area contributed by atoms with Crippen LogP contribution in [0.15, 0.2) is 59.5 Å². The van der Waals surface area contributed by atoms with Crippen LogP contribution < -0.4 is 10.1 Å². The number of nitrogens with zero attached hydrogens (tertiary/aromatic N) is 1. The predicted octanol–water partition coefficient (Wildman–Crippen LogP) is 3.51. The van der Waals surface area contributed by atoms with Crippen molar-refractivity contribution in [2.24, 2.45) is 0 Å². The van der Waals surface area contributed by atoms with Gasteiger partial charge in [-0.15, -0.1) is 0 Å². The fourth-order valence-corrected chi connectivity index (χ4v) is 4.78. The lowest BCUT2D eigenvalue weighted by Crippen LogP contribution is -2.41. The van der Waals surface area contributed by atoms with Crippen molar-refractivity contribution in [1.82, 2.24) is 9.62 Å². The first-order chi connectivity index (χ1) is 13.7. The van der Waals surface area contributed by atoms with E-state index in [1.54, 1.807) is 30.3 Å². The summed E-state index contributed by atoms with van der Waals surface area (Å²) in [6.45, 7) is 4.29. The molecular weight excluding hydrogens is 388 g/mol. The number of sulfonamides is 1. The van der Waals surface area contributed by atoms with Crippen LogP contribution in [-0.4, -0.2) is 37.8 Å². The van der Waals surface area contributed by atoms with E-state index < -0.39 is 10.0 Å². The summed E-state index contributed by atoms with van der Waals surface area (Å²) in [6, 6.07) is 15.9. The molecule has 0 saturated carbocycles. The fraction of sp³-hybridized carbons (Fsp3) is 0.409. The van der Waals surface area contributed by atoms with Gasteiger partial charge in [-0.25, -0.2) is 12.7 Å². The molecule has 2 aromatic carbocycles. The van der Waals surface area contributed by atoms with E-state index >= 15 is 0 Å². The number of benzene rings is 2. The van der Waals surface area contributed by atoms with Crippen molar-refractivity contribution < 1.29 is 17.9 Å². The van der Waals surface area contributed by atoms with Crippen molar-refractivity contribution in [3.8, 4) is 5.75 Å². The Kier molecular flexibility index (Phi) is 6.29. The molecule has 7 heteroatoms. The number of rotatable bonds is 7. The lowest BCUT2D eigenvalue weighted by Gasteiger charge is -2.37. The molecule has 3 rings (SSSR count). The molecule has 1 aliphatic rings. The second kappa shape index (κ2) is 8.55. The number of ether oxygens (including phenoxy) is 1. The first-order valence-corrected chi connectivity index (χ1v) is 11.2. The van der Waals surface area contributed by atoms with Crippen LogP contribution in [0, 0.1) is 0 Å². The third-order valence-electron chi connectivity index (χ3n) is 5.04. The molecule has 1 aliphatic heterocycles. The first kappa shape index (κ1) is 21.3. The first-order valence-electron chi connectivity index (χ1n) is 9.78. The standard InChI is InChI=1S/C22H28N2O4S/c1-22(2)16-19(18-12-7-8-13-20(18)28-22)23-21(25)14-9-15-24(3)29(26,27)17-10-5-4-6-11-17/h4-8,10-13,19H,9,14-16H2,1-3H3,(H,23,25). The molecule has 1 N–H and O–H groups in total. The van der Waals surface area contributed by atoms with Crippen molar-refractivity contribution in [3.05, 3.63) is 60.2 Å². The van der Waals surface area contributed by atoms with Gasteiger partial charge in [0.1, 0.15) is 11.4 Å². The molecular formula is C22H28N2O4S. The number of para-hydroxylation sites is 1. The molecule has 1 unspecified atom stereocenters. The van der Waals surface area contributed by atoms with Crippen LogP contribution in [0.3, 0.4) is 0 Å². The minimum absolute atomic E-state index is 0.0898. The quantitative estimate of drug-likeness (QED) is 0.749. The summed E-state index contributed by atoms with van der Waals surface area (Å²) in [4.78, 5) is 12.8. The SMILES string of the molecule is CN(CCCC(=O)NC1CC(C)(C)Oc2ccccc21)S(=O)(=O)c1ccccc1. The third-order valence-corrected chi connectivity index (χ3v) is 6.91. The van der Waals surface area contributed by atoms with Gasteiger partial charge in [-0.1, -0.05) is 36.4 Å². The van der Waals surface area contributed by atoms with E-state index in [-0.39, 0.29) is 35.4 Å². The molecule has 1 atom stereocenters. The lowest BCUT2D eigenvalue weighted by atomic mass is 9.89. The zero-order valence-corrected chi connectivity index (χ0v) is 17.9. The Bertz CT molecular complexity index is 958. The Morgan fingerprint density at radius 1 is 1.14 bits per heavy atom. The highest BCUT2D eigenvalue weighted by Crippen LogP contribution is 2.39. The van der Waals surface area contributed by atoms with E-state index in [1.807, 2.05) is 38.1 Å². The van der Waals surface area contributed by atoms with Gasteiger partial charge >= 0.3 is 0 Å². The summed E-state index contributed by atoms with van der Waals surface area (Å²) in [5, 5.41) is 3.09. The molecule has 2 aromatic rings. The Morgan fingerprint density at radius 3 is 2.52 bits per heavy atom. The van der Waals surface area contributed by atoms with Crippen molar-refractivity contribution in [2.45, 2.75) is 49.6 Å². The van der Waals surface area contributed by atoms with Crippen molar-refractivity contribution in [1.29, 1.82) is 0 Å². The van der Waals surface area contributed by atoms with Crippen LogP contribution >= 0.6 is 0 Å². The maximum Gasteiger partial charge on any atom is 0.242 e. The van der Waals surface area contributed by atoms with Crippen molar-refractivity contribution >= 4 is 15.9 Å². The van der Waals surface area contributed by atoms with Crippen LogP contribution in [0.2, 0.25) is 0 Å². The molecule has 156 valence electrons. The van der Waals surface area contributed by atoms with Gasteiger partial charge in [0.2, 0.25) is 15.9 Å². The normalized spacial score (nSPS) is 18.0. The monoisotopic (exact) mass is 416 g/mol. The Labute approximate surface area is 172 Å². The van der Waals surface area contributed by atoms with Gasteiger partial charge in [0.15, 0.2) is 0 Å². The number of carbonyl (C=O) groups excluding carboxylic acids is 1. The van der Waals surface area contributed by atoms with E-state index in [2.05, 4.69) is 5.32 Å². The Hall–Kier alpha value is -2.38. The molecule has 0 bridgehead atoms. The minimum atomic E-state index is -3.53. The van der Waals surface area contributed by atoms with Crippen LogP contribution in [0.5, 0.6) is 5.75 Å². The minimum Gasteiger partial charge on any atom is -0.487 e. The molecule has 0 radical (unpaired) electrons. The third kappa shape index (κ3) is 5.16. The summed E-state index contributed by atoms with van der Waals surface area (Å²) in [7, 11) is -2.00. The molecule has 1 amide bonds. The molecule has 0 aromatic heterocycles. The van der Waals surface area contributed by atoms with Gasteiger partial charge < -0.3 is 10.1 Å². The number of carbonyl (C=O) groups is 1. The van der Waals surface area contributed by atoms with Crippen LogP contribution in [0.25, 0.3) is 0 Å². The summed E-state index contributed by atoms with van der Waals surface area (Å²) < 4.78 is 32.4. The molecule has 0 spiro atoms. The van der Waals surface area contributed by atoms with Crippen LogP contribution in [-0.2, 0) is 14.8 Å². The lowest BCUT2D eigenvalue weighted by molar-refractivity contribution is -0.122. The average Bonchev–Trinajstić information content (AvgIpc) is 2.67. The van der Waals surface area contributed by atoms with Gasteiger partial charge in [-0.3, -0.25) is 4.79 Å². The van der Waals surface area contributed by atoms with Gasteiger partial charge in [-0.05, 0) is 38.5 Å². The van der Waals surface area contributed by atoms with Gasteiger partial charge in [0, 0.05) is 32.0 Å². The second-order valence-corrected chi connectivity index (χ2v) is 10.0. The predicted molar refractivity (Wildman–Crippen MR) is 112 cm³/mol. The van der Waals surface area contributed by atoms with Crippen molar-refractivity contribution in [2.75, 3.05) is 13.6 Å². The smallest absolute Gasteiger partial charge is 0.242 e.